The van der Waals surface area contributed by atoms with Crippen LogP contribution in [0.15, 0.2) is 47.0 Å². The number of aromatic nitrogens is 1. The first-order chi connectivity index (χ1) is 18.9. The van der Waals surface area contributed by atoms with Gasteiger partial charge in [-0.25, -0.2) is 0 Å². The van der Waals surface area contributed by atoms with Crippen LogP contribution in [0.1, 0.15) is 77.0 Å². The number of hydrogen-bond acceptors (Lipinski definition) is 6. The summed E-state index contributed by atoms with van der Waals surface area (Å²) in [6.45, 7) is 9.24. The molecule has 1 aromatic heterocycles. The highest BCUT2D eigenvalue weighted by molar-refractivity contribution is 6.11. The first-order valence-corrected chi connectivity index (χ1v) is 14.3. The zero-order chi connectivity index (χ0) is 28.4. The van der Waals surface area contributed by atoms with Gasteiger partial charge in [-0.3, -0.25) is 19.3 Å². The topological polar surface area (TPSA) is 114 Å². The van der Waals surface area contributed by atoms with Gasteiger partial charge < -0.3 is 19.9 Å². The number of carbonyl (C=O) groups is 3. The van der Waals surface area contributed by atoms with E-state index in [4.69, 9.17) is 9.26 Å². The van der Waals surface area contributed by atoms with Gasteiger partial charge in [-0.15, -0.1) is 0 Å². The predicted octanol–water partition coefficient (Wildman–Crippen LogP) is 4.63. The molecule has 9 nitrogen and oxygen atoms in total. The predicted molar refractivity (Wildman–Crippen MR) is 150 cm³/mol. The summed E-state index contributed by atoms with van der Waals surface area (Å²) in [5.74, 6) is -1.42. The number of ether oxygens (including phenoxy) is 1. The maximum absolute atomic E-state index is 14.4. The van der Waals surface area contributed by atoms with Crippen LogP contribution < -0.4 is 15.5 Å². The lowest BCUT2D eigenvalue weighted by molar-refractivity contribution is -0.131. The monoisotopic (exact) mass is 546 g/mol. The van der Waals surface area contributed by atoms with Gasteiger partial charge in [-0.1, -0.05) is 48.7 Å². The van der Waals surface area contributed by atoms with Gasteiger partial charge in [0.2, 0.25) is 17.7 Å². The van der Waals surface area contributed by atoms with E-state index in [9.17, 15) is 14.4 Å². The quantitative estimate of drug-likeness (QED) is 0.529. The maximum Gasteiger partial charge on any atom is 0.246 e. The fraction of sp³-hybridized carbons (Fsp3) is 0.548. The van der Waals surface area contributed by atoms with E-state index in [-0.39, 0.29) is 17.6 Å². The van der Waals surface area contributed by atoms with Crippen molar-refractivity contribution in [2.24, 2.45) is 11.8 Å². The molecular weight excluding hydrogens is 508 g/mol. The molecule has 6 rings (SSSR count). The van der Waals surface area contributed by atoms with Crippen molar-refractivity contribution in [2.75, 3.05) is 10.2 Å². The van der Waals surface area contributed by atoms with Crippen LogP contribution in [0.5, 0.6) is 0 Å². The highest BCUT2D eigenvalue weighted by Crippen LogP contribution is 2.60. The zero-order valence-corrected chi connectivity index (χ0v) is 23.8. The largest absolute Gasteiger partial charge is 0.360 e. The average Bonchev–Trinajstić information content (AvgIpc) is 3.60. The summed E-state index contributed by atoms with van der Waals surface area (Å²) >= 11 is 0. The molecule has 0 radical (unpaired) electrons. The van der Waals surface area contributed by atoms with Crippen LogP contribution in [0.4, 0.5) is 11.5 Å². The summed E-state index contributed by atoms with van der Waals surface area (Å²) in [5, 5.41) is 9.74. The molecule has 212 valence electrons. The van der Waals surface area contributed by atoms with E-state index in [1.54, 1.807) is 24.8 Å². The molecule has 4 heterocycles. The van der Waals surface area contributed by atoms with Crippen molar-refractivity contribution in [2.45, 2.75) is 95.4 Å². The van der Waals surface area contributed by atoms with E-state index >= 15 is 0 Å². The molecule has 5 atom stereocenters. The summed E-state index contributed by atoms with van der Waals surface area (Å²) in [6.07, 6.45) is 9.73. The summed E-state index contributed by atoms with van der Waals surface area (Å²) in [6, 6.07) is 8.67. The van der Waals surface area contributed by atoms with Crippen LogP contribution in [0.3, 0.4) is 0 Å². The van der Waals surface area contributed by atoms with E-state index in [0.717, 1.165) is 0 Å². The van der Waals surface area contributed by atoms with E-state index in [2.05, 4.69) is 27.9 Å². The third-order valence-corrected chi connectivity index (χ3v) is 8.85. The number of amides is 3. The minimum Gasteiger partial charge on any atom is -0.360 e. The van der Waals surface area contributed by atoms with Gasteiger partial charge in [0.1, 0.15) is 17.4 Å². The Kier molecular flexibility index (Phi) is 6.22. The van der Waals surface area contributed by atoms with E-state index < -0.39 is 40.5 Å². The molecule has 4 aliphatic rings. The Morgan fingerprint density at radius 2 is 1.75 bits per heavy atom. The minimum absolute atomic E-state index is 0.273. The smallest absolute Gasteiger partial charge is 0.246 e. The Labute approximate surface area is 234 Å². The molecule has 1 saturated carbocycles. The van der Waals surface area contributed by atoms with Crippen LogP contribution >= 0.6 is 0 Å². The van der Waals surface area contributed by atoms with Crippen molar-refractivity contribution >= 4 is 29.2 Å². The van der Waals surface area contributed by atoms with E-state index in [1.165, 1.54) is 37.7 Å². The third kappa shape index (κ3) is 4.26. The number of benzene rings is 1. The molecule has 2 saturated heterocycles. The third-order valence-electron chi connectivity index (χ3n) is 8.85. The van der Waals surface area contributed by atoms with Gasteiger partial charge in [0.25, 0.3) is 0 Å². The summed E-state index contributed by atoms with van der Waals surface area (Å²) in [7, 11) is 0. The molecule has 2 aromatic rings. The van der Waals surface area contributed by atoms with Crippen molar-refractivity contribution in [1.82, 2.24) is 10.5 Å². The number of anilines is 2. The SMILES string of the molecule is Cc1cc(NC(=O)C2C3C(=O)N(c4ccc(C5CCCCC5)cc4)C(C(=O)NC(C)(C)C)C34C=CC2(C)O4)no1. The number of aryl methyl sites for hydroxylation is 1. The molecule has 2 N–H and O–H groups in total. The van der Waals surface area contributed by atoms with Crippen molar-refractivity contribution in [3.8, 4) is 0 Å². The van der Waals surface area contributed by atoms with Crippen LogP contribution in [0.2, 0.25) is 0 Å². The van der Waals surface area contributed by atoms with Crippen molar-refractivity contribution in [1.29, 1.82) is 0 Å². The lowest BCUT2D eigenvalue weighted by Crippen LogP contribution is -2.58. The minimum atomic E-state index is -1.29. The number of rotatable bonds is 5. The fourth-order valence-corrected chi connectivity index (χ4v) is 7.22. The molecule has 3 aliphatic heterocycles. The second-order valence-corrected chi connectivity index (χ2v) is 13.0. The van der Waals surface area contributed by atoms with Crippen LogP contribution in [-0.2, 0) is 19.1 Å². The molecule has 1 aliphatic carbocycles. The second-order valence-electron chi connectivity index (χ2n) is 13.0. The molecule has 1 spiro atoms. The lowest BCUT2D eigenvalue weighted by atomic mass is 9.70. The summed E-state index contributed by atoms with van der Waals surface area (Å²) in [5.41, 5.74) is -0.990. The maximum atomic E-state index is 14.4. The fourth-order valence-electron chi connectivity index (χ4n) is 7.22. The number of carbonyl (C=O) groups excluding carboxylic acids is 3. The molecule has 5 unspecified atom stereocenters. The van der Waals surface area contributed by atoms with E-state index in [1.807, 2.05) is 45.1 Å². The second kappa shape index (κ2) is 9.29. The van der Waals surface area contributed by atoms with E-state index in [0.29, 0.717) is 17.4 Å². The number of fused-ring (bicyclic) bond motifs is 1. The van der Waals surface area contributed by atoms with Crippen LogP contribution in [0, 0.1) is 18.8 Å². The molecule has 1 aromatic carbocycles. The Hall–Kier alpha value is -3.46. The molecule has 9 heteroatoms. The van der Waals surface area contributed by atoms with Crippen molar-refractivity contribution in [3.05, 3.63) is 53.8 Å². The normalized spacial score (nSPS) is 31.5. The van der Waals surface area contributed by atoms with Crippen molar-refractivity contribution in [3.63, 3.8) is 0 Å². The first kappa shape index (κ1) is 26.7. The number of nitrogens with one attached hydrogen (secondary N) is 2. The van der Waals surface area contributed by atoms with Crippen LogP contribution in [0.25, 0.3) is 0 Å². The van der Waals surface area contributed by atoms with Crippen LogP contribution in [-0.4, -0.2) is 45.7 Å². The van der Waals surface area contributed by atoms with Crippen molar-refractivity contribution < 1.29 is 23.6 Å². The Bertz CT molecular complexity index is 1370. The standard InChI is InChI=1S/C31H38N4O5/c1-18-17-22(34-39-18)32-26(36)23-24-28(38)35(21-13-11-20(12-14-21)19-9-7-6-8-10-19)25(27(37)33-29(2,3)4)31(24)16-15-30(23,5)40-31/h11-17,19,23-25H,6-10H2,1-5H3,(H,33,37)(H,32,34,36). The Morgan fingerprint density at radius 1 is 1.05 bits per heavy atom. The molecule has 40 heavy (non-hydrogen) atoms. The summed E-state index contributed by atoms with van der Waals surface area (Å²) < 4.78 is 11.7. The summed E-state index contributed by atoms with van der Waals surface area (Å²) in [4.78, 5) is 43.6. The van der Waals surface area contributed by atoms with Gasteiger partial charge >= 0.3 is 0 Å². The van der Waals surface area contributed by atoms with Gasteiger partial charge in [0, 0.05) is 17.3 Å². The first-order valence-electron chi connectivity index (χ1n) is 14.3. The lowest BCUT2D eigenvalue weighted by Gasteiger charge is -2.35. The van der Waals surface area contributed by atoms with Gasteiger partial charge in [-0.2, -0.15) is 0 Å². The highest BCUT2D eigenvalue weighted by Gasteiger charge is 2.76. The Morgan fingerprint density at radius 3 is 2.38 bits per heavy atom. The molecule has 3 amide bonds. The van der Waals surface area contributed by atoms with Gasteiger partial charge in [0.15, 0.2) is 5.82 Å². The number of hydrogen-bond donors (Lipinski definition) is 2. The molecule has 2 bridgehead atoms. The average molecular weight is 547 g/mol. The van der Waals surface area contributed by atoms with Gasteiger partial charge in [0.05, 0.1) is 17.4 Å². The number of nitrogens with zero attached hydrogens (tertiary/aromatic N) is 2. The highest BCUT2D eigenvalue weighted by atomic mass is 16.5. The molecule has 3 fully saturated rings. The molecular formula is C31H38N4O5. The van der Waals surface area contributed by atoms with Gasteiger partial charge in [-0.05, 0) is 71.1 Å². The Balaban J connectivity index is 1.38. The zero-order valence-electron chi connectivity index (χ0n) is 23.8.